The van der Waals surface area contributed by atoms with Gasteiger partial charge in [0.2, 0.25) is 0 Å². The molecule has 0 spiro atoms. The molecular formula is C23H21N5O4. The van der Waals surface area contributed by atoms with Gasteiger partial charge in [-0.15, -0.1) is 0 Å². The van der Waals surface area contributed by atoms with Crippen LogP contribution in [0.2, 0.25) is 0 Å². The van der Waals surface area contributed by atoms with E-state index in [-0.39, 0.29) is 11.4 Å². The third-order valence-corrected chi connectivity index (χ3v) is 4.85. The number of non-ortho nitro benzene ring substituents is 2. The van der Waals surface area contributed by atoms with Crippen LogP contribution in [0.1, 0.15) is 36.4 Å². The molecule has 0 bridgehead atoms. The number of aromatic nitrogens is 1. The zero-order valence-electron chi connectivity index (χ0n) is 18.1. The van der Waals surface area contributed by atoms with Crippen LogP contribution in [-0.4, -0.2) is 26.3 Å². The molecule has 0 N–H and O–H groups in total. The van der Waals surface area contributed by atoms with Crippen molar-refractivity contribution >= 4 is 34.2 Å². The lowest BCUT2D eigenvalue weighted by Gasteiger charge is -2.07. The predicted octanol–water partition coefficient (Wildman–Crippen LogP) is 5.80. The van der Waals surface area contributed by atoms with Crippen molar-refractivity contribution in [2.45, 2.75) is 27.7 Å². The van der Waals surface area contributed by atoms with Crippen LogP contribution in [0.5, 0.6) is 0 Å². The van der Waals surface area contributed by atoms with Crippen molar-refractivity contribution in [1.29, 1.82) is 0 Å². The molecule has 0 aliphatic carbocycles. The Bertz CT molecular complexity index is 1190. The number of aryl methyl sites for hydroxylation is 2. The Kier molecular flexibility index (Phi) is 6.48. The van der Waals surface area contributed by atoms with E-state index in [0.717, 1.165) is 0 Å². The first-order chi connectivity index (χ1) is 15.2. The van der Waals surface area contributed by atoms with Crippen molar-refractivity contribution in [2.24, 2.45) is 9.98 Å². The first-order valence-electron chi connectivity index (χ1n) is 9.74. The first-order valence-corrected chi connectivity index (χ1v) is 9.74. The van der Waals surface area contributed by atoms with Crippen molar-refractivity contribution in [2.75, 3.05) is 0 Å². The molecule has 32 heavy (non-hydrogen) atoms. The lowest BCUT2D eigenvalue weighted by atomic mass is 10.1. The molecule has 0 fully saturated rings. The molecule has 0 amide bonds. The van der Waals surface area contributed by atoms with E-state index in [2.05, 4.69) is 15.0 Å². The van der Waals surface area contributed by atoms with Crippen molar-refractivity contribution in [1.82, 2.24) is 4.98 Å². The second kappa shape index (κ2) is 9.25. The molecule has 0 saturated heterocycles. The summed E-state index contributed by atoms with van der Waals surface area (Å²) in [6.45, 7) is 7.18. The van der Waals surface area contributed by atoms with Crippen molar-refractivity contribution in [3.63, 3.8) is 0 Å². The van der Waals surface area contributed by atoms with Gasteiger partial charge in [-0.3, -0.25) is 30.2 Å². The minimum absolute atomic E-state index is 0.0209. The second-order valence-electron chi connectivity index (χ2n) is 7.26. The number of benzene rings is 2. The average Bonchev–Trinajstić information content (AvgIpc) is 2.76. The topological polar surface area (TPSA) is 124 Å². The Morgan fingerprint density at radius 2 is 1.16 bits per heavy atom. The Morgan fingerprint density at radius 1 is 0.750 bits per heavy atom. The molecule has 1 aromatic heterocycles. The van der Waals surface area contributed by atoms with Gasteiger partial charge in [0.05, 0.1) is 44.0 Å². The van der Waals surface area contributed by atoms with E-state index in [1.165, 1.54) is 24.3 Å². The maximum atomic E-state index is 10.9. The summed E-state index contributed by atoms with van der Waals surface area (Å²) in [5, 5.41) is 21.9. The predicted molar refractivity (Wildman–Crippen MR) is 124 cm³/mol. The van der Waals surface area contributed by atoms with Gasteiger partial charge in [0, 0.05) is 24.3 Å². The average molecular weight is 431 g/mol. The molecule has 0 saturated carbocycles. The lowest BCUT2D eigenvalue weighted by Crippen LogP contribution is -2.05. The second-order valence-corrected chi connectivity index (χ2v) is 7.26. The van der Waals surface area contributed by atoms with E-state index in [0.29, 0.717) is 45.3 Å². The molecular weight excluding hydrogens is 410 g/mol. The monoisotopic (exact) mass is 431 g/mol. The zero-order chi connectivity index (χ0) is 23.4. The molecule has 0 aliphatic rings. The van der Waals surface area contributed by atoms with Gasteiger partial charge in [-0.1, -0.05) is 6.07 Å². The summed E-state index contributed by atoms with van der Waals surface area (Å²) >= 11 is 0. The van der Waals surface area contributed by atoms with Crippen LogP contribution in [0.15, 0.2) is 64.6 Å². The van der Waals surface area contributed by atoms with E-state index in [9.17, 15) is 20.2 Å². The molecule has 0 unspecified atom stereocenters. The molecule has 1 heterocycles. The van der Waals surface area contributed by atoms with Gasteiger partial charge in [0.15, 0.2) is 0 Å². The van der Waals surface area contributed by atoms with Crippen molar-refractivity contribution < 1.29 is 9.85 Å². The van der Waals surface area contributed by atoms with E-state index in [1.54, 1.807) is 26.0 Å². The Morgan fingerprint density at radius 3 is 1.50 bits per heavy atom. The van der Waals surface area contributed by atoms with Crippen LogP contribution in [0.4, 0.5) is 22.7 Å². The maximum Gasteiger partial charge on any atom is 0.269 e. The highest BCUT2D eigenvalue weighted by Gasteiger charge is 2.11. The number of nitro groups is 2. The summed E-state index contributed by atoms with van der Waals surface area (Å²) < 4.78 is 0. The first kappa shape index (κ1) is 22.4. The highest BCUT2D eigenvalue weighted by atomic mass is 16.6. The summed E-state index contributed by atoms with van der Waals surface area (Å²) in [5.74, 6) is 0. The van der Waals surface area contributed by atoms with Gasteiger partial charge in [0.25, 0.3) is 11.4 Å². The quantitative estimate of drug-likeness (QED) is 0.277. The van der Waals surface area contributed by atoms with Gasteiger partial charge in [-0.05, 0) is 63.1 Å². The van der Waals surface area contributed by atoms with Gasteiger partial charge < -0.3 is 0 Å². The number of aliphatic imine (C=N–C) groups is 2. The minimum Gasteiger partial charge on any atom is -0.258 e. The summed E-state index contributed by atoms with van der Waals surface area (Å²) in [5.41, 5.74) is 5.30. The van der Waals surface area contributed by atoms with Crippen LogP contribution in [0.3, 0.4) is 0 Å². The van der Waals surface area contributed by atoms with E-state index < -0.39 is 9.85 Å². The molecule has 2 aromatic carbocycles. The van der Waals surface area contributed by atoms with Crippen LogP contribution in [0.25, 0.3) is 0 Å². The standard InChI is InChI=1S/C23H21N5O4/c1-14-12-18(27(29)30)8-10-20(14)24-16(3)22-6-5-7-23(26-22)17(4)25-21-11-9-19(28(31)32)13-15(21)2/h5-13H,1-4H3/b24-16+,25-17+. The number of nitro benzene ring substituents is 2. The summed E-state index contributed by atoms with van der Waals surface area (Å²) in [7, 11) is 0. The molecule has 3 aromatic rings. The number of nitrogens with zero attached hydrogens (tertiary/aromatic N) is 5. The third kappa shape index (κ3) is 5.07. The van der Waals surface area contributed by atoms with E-state index in [4.69, 9.17) is 0 Å². The number of rotatable bonds is 6. The molecule has 0 radical (unpaired) electrons. The minimum atomic E-state index is -0.437. The third-order valence-electron chi connectivity index (χ3n) is 4.85. The SMILES string of the molecule is C/C(=N\c1ccc([N+](=O)[O-])cc1C)c1cccc(/C(C)=N/c2ccc([N+](=O)[O-])cc2C)n1. The Labute approximate surface area is 184 Å². The Hall–Kier alpha value is -4.27. The largest absolute Gasteiger partial charge is 0.269 e. The van der Waals surface area contributed by atoms with Crippen LogP contribution in [-0.2, 0) is 0 Å². The van der Waals surface area contributed by atoms with Crippen LogP contribution in [0, 0.1) is 34.1 Å². The summed E-state index contributed by atoms with van der Waals surface area (Å²) in [4.78, 5) is 34.8. The number of hydrogen-bond donors (Lipinski definition) is 0. The van der Waals surface area contributed by atoms with E-state index in [1.807, 2.05) is 32.0 Å². The summed E-state index contributed by atoms with van der Waals surface area (Å²) in [6.07, 6.45) is 0. The van der Waals surface area contributed by atoms with Gasteiger partial charge >= 0.3 is 0 Å². The van der Waals surface area contributed by atoms with Gasteiger partial charge in [0.1, 0.15) is 0 Å². The van der Waals surface area contributed by atoms with Crippen LogP contribution < -0.4 is 0 Å². The maximum absolute atomic E-state index is 10.9. The molecule has 9 nitrogen and oxygen atoms in total. The fraction of sp³-hybridized carbons (Fsp3) is 0.174. The summed E-state index contributed by atoms with van der Waals surface area (Å²) in [6, 6.07) is 14.6. The number of hydrogen-bond acceptors (Lipinski definition) is 7. The van der Waals surface area contributed by atoms with Gasteiger partial charge in [-0.2, -0.15) is 0 Å². The van der Waals surface area contributed by atoms with Crippen molar-refractivity contribution in [3.8, 4) is 0 Å². The van der Waals surface area contributed by atoms with E-state index >= 15 is 0 Å². The fourth-order valence-corrected chi connectivity index (χ4v) is 3.07. The molecule has 3 rings (SSSR count). The Balaban J connectivity index is 1.91. The van der Waals surface area contributed by atoms with Gasteiger partial charge in [-0.25, -0.2) is 4.98 Å². The molecule has 0 atom stereocenters. The van der Waals surface area contributed by atoms with Crippen LogP contribution >= 0.6 is 0 Å². The highest BCUT2D eigenvalue weighted by Crippen LogP contribution is 2.26. The highest BCUT2D eigenvalue weighted by molar-refractivity contribution is 6.02. The number of pyridine rings is 1. The lowest BCUT2D eigenvalue weighted by molar-refractivity contribution is -0.385. The van der Waals surface area contributed by atoms with Crippen molar-refractivity contribution in [3.05, 3.63) is 97.3 Å². The fourth-order valence-electron chi connectivity index (χ4n) is 3.07. The normalized spacial score (nSPS) is 12.0. The molecule has 162 valence electrons. The molecule has 0 aliphatic heterocycles. The zero-order valence-corrected chi connectivity index (χ0v) is 18.1. The molecule has 9 heteroatoms. The smallest absolute Gasteiger partial charge is 0.258 e.